The van der Waals surface area contributed by atoms with Crippen molar-refractivity contribution < 1.29 is 22.7 Å². The Morgan fingerprint density at radius 3 is 2.37 bits per heavy atom. The van der Waals surface area contributed by atoms with E-state index >= 15 is 0 Å². The molecule has 0 radical (unpaired) electrons. The zero-order valence-electron chi connectivity index (χ0n) is 10.4. The highest BCUT2D eigenvalue weighted by molar-refractivity contribution is 5.75. The van der Waals surface area contributed by atoms with Crippen LogP contribution in [0, 0.1) is 0 Å². The summed E-state index contributed by atoms with van der Waals surface area (Å²) in [4.78, 5) is 23.0. The maximum atomic E-state index is 12.3. The standard InChI is InChI=1S/C10H12F3N3O3/c1-9(2,3)19-8(18)15-16-7(17)4-6(5-14-16)10(11,12)13/h4-5H,1-3H3,(H,15,18). The molecule has 1 amide bonds. The van der Waals surface area contributed by atoms with Crippen molar-refractivity contribution in [1.29, 1.82) is 0 Å². The first-order valence-electron chi connectivity index (χ1n) is 5.15. The number of carbonyl (C=O) groups is 1. The summed E-state index contributed by atoms with van der Waals surface area (Å²) in [5, 5.41) is 3.19. The lowest BCUT2D eigenvalue weighted by atomic mass is 10.2. The number of ether oxygens (including phenoxy) is 1. The number of hydrogen-bond acceptors (Lipinski definition) is 4. The topological polar surface area (TPSA) is 73.2 Å². The van der Waals surface area contributed by atoms with Crippen molar-refractivity contribution in [3.63, 3.8) is 0 Å². The molecule has 106 valence electrons. The van der Waals surface area contributed by atoms with Crippen LogP contribution >= 0.6 is 0 Å². The fourth-order valence-electron chi connectivity index (χ4n) is 1.03. The third kappa shape index (κ3) is 4.60. The molecule has 0 aromatic carbocycles. The van der Waals surface area contributed by atoms with Gasteiger partial charge in [-0.2, -0.15) is 18.3 Å². The predicted molar refractivity (Wildman–Crippen MR) is 59.1 cm³/mol. The van der Waals surface area contributed by atoms with Gasteiger partial charge in [0.1, 0.15) is 5.60 Å². The molecule has 1 aromatic rings. The summed E-state index contributed by atoms with van der Waals surface area (Å²) in [5.41, 5.74) is -1.22. The van der Waals surface area contributed by atoms with Crippen LogP contribution in [0.5, 0.6) is 0 Å². The number of nitrogens with zero attached hydrogens (tertiary/aromatic N) is 2. The van der Waals surface area contributed by atoms with Crippen molar-refractivity contribution in [2.24, 2.45) is 0 Å². The number of rotatable bonds is 1. The first-order chi connectivity index (χ1) is 8.49. The van der Waals surface area contributed by atoms with Crippen LogP contribution in [-0.2, 0) is 10.9 Å². The van der Waals surface area contributed by atoms with Crippen LogP contribution in [0.25, 0.3) is 0 Å². The van der Waals surface area contributed by atoms with Crippen LogP contribution in [0.4, 0.5) is 18.0 Å². The van der Waals surface area contributed by atoms with E-state index in [0.29, 0.717) is 17.1 Å². The number of carbonyl (C=O) groups excluding carboxylic acids is 1. The number of amides is 1. The third-order valence-electron chi connectivity index (χ3n) is 1.72. The van der Waals surface area contributed by atoms with Crippen LogP contribution in [0.1, 0.15) is 26.3 Å². The van der Waals surface area contributed by atoms with E-state index in [9.17, 15) is 22.8 Å². The van der Waals surface area contributed by atoms with Gasteiger partial charge in [-0.25, -0.2) is 10.2 Å². The average molecular weight is 279 g/mol. The molecule has 1 rings (SSSR count). The second-order valence-electron chi connectivity index (χ2n) is 4.61. The SMILES string of the molecule is CC(C)(C)OC(=O)Nn1ncc(C(F)(F)F)cc1=O. The average Bonchev–Trinajstić information content (AvgIpc) is 2.16. The van der Waals surface area contributed by atoms with Gasteiger partial charge in [0.15, 0.2) is 0 Å². The molecule has 0 bridgehead atoms. The van der Waals surface area contributed by atoms with Gasteiger partial charge in [-0.05, 0) is 20.8 Å². The van der Waals surface area contributed by atoms with Crippen molar-refractivity contribution in [2.45, 2.75) is 32.5 Å². The van der Waals surface area contributed by atoms with Crippen LogP contribution in [-0.4, -0.2) is 21.6 Å². The van der Waals surface area contributed by atoms with E-state index in [4.69, 9.17) is 4.74 Å². The molecule has 0 saturated heterocycles. The lowest BCUT2D eigenvalue weighted by Gasteiger charge is -2.19. The fraction of sp³-hybridized carbons (Fsp3) is 0.500. The number of hydrogen-bond donors (Lipinski definition) is 1. The molecule has 9 heteroatoms. The largest absolute Gasteiger partial charge is 0.443 e. The van der Waals surface area contributed by atoms with E-state index in [0.717, 1.165) is 0 Å². The maximum absolute atomic E-state index is 12.3. The van der Waals surface area contributed by atoms with Gasteiger partial charge in [0.2, 0.25) is 0 Å². The molecule has 0 spiro atoms. The molecule has 1 aromatic heterocycles. The molecule has 0 aliphatic rings. The Labute approximate surface area is 106 Å². The smallest absolute Gasteiger partial charge is 0.428 e. The Balaban J connectivity index is 2.88. The Morgan fingerprint density at radius 2 is 1.95 bits per heavy atom. The summed E-state index contributed by atoms with van der Waals surface area (Å²) in [6, 6.07) is 0.324. The predicted octanol–water partition coefficient (Wildman–Crippen LogP) is 1.74. The van der Waals surface area contributed by atoms with Gasteiger partial charge < -0.3 is 4.74 Å². The second kappa shape index (κ2) is 4.90. The molecular weight excluding hydrogens is 267 g/mol. The molecule has 19 heavy (non-hydrogen) atoms. The zero-order chi connectivity index (χ0) is 14.8. The van der Waals surface area contributed by atoms with E-state index in [1.807, 2.05) is 5.43 Å². The van der Waals surface area contributed by atoms with Gasteiger partial charge in [-0.15, -0.1) is 4.79 Å². The first kappa shape index (κ1) is 15.0. The molecule has 6 nitrogen and oxygen atoms in total. The van der Waals surface area contributed by atoms with Crippen LogP contribution in [0.15, 0.2) is 17.1 Å². The fourth-order valence-corrected chi connectivity index (χ4v) is 1.03. The Hall–Kier alpha value is -2.06. The molecule has 0 saturated carbocycles. The Morgan fingerprint density at radius 1 is 1.37 bits per heavy atom. The van der Waals surface area contributed by atoms with Gasteiger partial charge >= 0.3 is 12.3 Å². The molecule has 0 aliphatic heterocycles. The number of nitrogens with one attached hydrogen (secondary N) is 1. The van der Waals surface area contributed by atoms with E-state index in [-0.39, 0.29) is 0 Å². The summed E-state index contributed by atoms with van der Waals surface area (Å²) >= 11 is 0. The van der Waals surface area contributed by atoms with Gasteiger partial charge in [-0.3, -0.25) is 4.79 Å². The minimum absolute atomic E-state index is 0.324. The number of aromatic nitrogens is 2. The maximum Gasteiger partial charge on any atom is 0.428 e. The molecule has 0 fully saturated rings. The second-order valence-corrected chi connectivity index (χ2v) is 4.61. The highest BCUT2D eigenvalue weighted by Crippen LogP contribution is 2.27. The summed E-state index contributed by atoms with van der Waals surface area (Å²) in [7, 11) is 0. The highest BCUT2D eigenvalue weighted by Gasteiger charge is 2.31. The molecule has 0 aliphatic carbocycles. The van der Waals surface area contributed by atoms with Crippen molar-refractivity contribution in [2.75, 3.05) is 5.43 Å². The quantitative estimate of drug-likeness (QED) is 0.849. The molecule has 1 heterocycles. The minimum Gasteiger partial charge on any atom is -0.443 e. The van der Waals surface area contributed by atoms with Crippen molar-refractivity contribution in [3.8, 4) is 0 Å². The van der Waals surface area contributed by atoms with E-state index in [2.05, 4.69) is 5.10 Å². The van der Waals surface area contributed by atoms with Gasteiger partial charge in [-0.1, -0.05) is 0 Å². The van der Waals surface area contributed by atoms with Gasteiger partial charge in [0.05, 0.1) is 11.8 Å². The van der Waals surface area contributed by atoms with Crippen LogP contribution in [0.3, 0.4) is 0 Å². The number of halogens is 3. The van der Waals surface area contributed by atoms with E-state index in [1.54, 1.807) is 20.8 Å². The van der Waals surface area contributed by atoms with Crippen LogP contribution in [0.2, 0.25) is 0 Å². The van der Waals surface area contributed by atoms with Crippen molar-refractivity contribution in [1.82, 2.24) is 9.89 Å². The third-order valence-corrected chi connectivity index (χ3v) is 1.72. The Bertz CT molecular complexity index is 531. The summed E-state index contributed by atoms with van der Waals surface area (Å²) in [6.07, 6.45) is -5.24. The lowest BCUT2D eigenvalue weighted by molar-refractivity contribution is -0.138. The van der Waals surface area contributed by atoms with E-state index < -0.39 is 29.0 Å². The van der Waals surface area contributed by atoms with Crippen molar-refractivity contribution in [3.05, 3.63) is 28.2 Å². The minimum atomic E-state index is -4.67. The monoisotopic (exact) mass is 279 g/mol. The lowest BCUT2D eigenvalue weighted by Crippen LogP contribution is -2.38. The summed E-state index contributed by atoms with van der Waals surface area (Å²) in [6.45, 7) is 4.78. The molecular formula is C10H12F3N3O3. The van der Waals surface area contributed by atoms with Gasteiger partial charge in [0, 0.05) is 6.07 Å². The van der Waals surface area contributed by atoms with Crippen molar-refractivity contribution >= 4 is 6.09 Å². The van der Waals surface area contributed by atoms with Gasteiger partial charge in [0.25, 0.3) is 5.56 Å². The first-order valence-corrected chi connectivity index (χ1v) is 5.15. The van der Waals surface area contributed by atoms with E-state index in [1.165, 1.54) is 0 Å². The van der Waals surface area contributed by atoms with Crippen LogP contribution < -0.4 is 11.0 Å². The highest BCUT2D eigenvalue weighted by atomic mass is 19.4. The molecule has 0 unspecified atom stereocenters. The molecule has 1 N–H and O–H groups in total. The summed E-state index contributed by atoms with van der Waals surface area (Å²) < 4.78 is 41.7. The zero-order valence-corrected chi connectivity index (χ0v) is 10.4. The molecule has 0 atom stereocenters. The normalized spacial score (nSPS) is 12.1. The number of alkyl halides is 3. The summed E-state index contributed by atoms with van der Waals surface area (Å²) in [5.74, 6) is 0. The Kier molecular flexibility index (Phi) is 3.87.